The van der Waals surface area contributed by atoms with Crippen molar-refractivity contribution in [2.45, 2.75) is 12.3 Å². The summed E-state index contributed by atoms with van der Waals surface area (Å²) in [5.74, 6) is -0.474. The SMILES string of the molecule is CS(=O)(=O)Cc1ccc(CNc2ccc(C#N)cc2F)cc1. The number of halogens is 1. The Morgan fingerprint density at radius 3 is 2.32 bits per heavy atom. The summed E-state index contributed by atoms with van der Waals surface area (Å²) in [6, 6.07) is 13.2. The number of rotatable bonds is 5. The van der Waals surface area contributed by atoms with Crippen LogP contribution in [0.25, 0.3) is 0 Å². The Kier molecular flexibility index (Phi) is 4.78. The van der Waals surface area contributed by atoms with Gasteiger partial charge in [0, 0.05) is 12.8 Å². The van der Waals surface area contributed by atoms with E-state index in [-0.39, 0.29) is 11.3 Å². The first-order valence-corrected chi connectivity index (χ1v) is 8.62. The number of nitriles is 1. The number of nitrogens with zero attached hydrogens (tertiary/aromatic N) is 1. The monoisotopic (exact) mass is 318 g/mol. The molecule has 114 valence electrons. The highest BCUT2D eigenvalue weighted by Crippen LogP contribution is 2.17. The third kappa shape index (κ3) is 4.57. The molecule has 1 N–H and O–H groups in total. The van der Waals surface area contributed by atoms with Gasteiger partial charge in [-0.05, 0) is 29.3 Å². The van der Waals surface area contributed by atoms with Crippen LogP contribution in [0.4, 0.5) is 10.1 Å². The van der Waals surface area contributed by atoms with Crippen LogP contribution < -0.4 is 5.32 Å². The van der Waals surface area contributed by atoms with Crippen LogP contribution in [0.2, 0.25) is 0 Å². The number of hydrogen-bond donors (Lipinski definition) is 1. The summed E-state index contributed by atoms with van der Waals surface area (Å²) < 4.78 is 36.1. The molecule has 22 heavy (non-hydrogen) atoms. The van der Waals surface area contributed by atoms with Crippen LogP contribution >= 0.6 is 0 Å². The number of hydrogen-bond acceptors (Lipinski definition) is 4. The van der Waals surface area contributed by atoms with E-state index in [2.05, 4.69) is 5.32 Å². The molecule has 0 aliphatic rings. The first kappa shape index (κ1) is 16.0. The molecule has 0 aliphatic heterocycles. The Bertz CT molecular complexity index is 809. The first-order valence-electron chi connectivity index (χ1n) is 6.56. The highest BCUT2D eigenvalue weighted by Gasteiger charge is 2.05. The molecule has 0 radical (unpaired) electrons. The normalized spacial score (nSPS) is 11.0. The maximum atomic E-state index is 13.7. The second kappa shape index (κ2) is 6.58. The second-order valence-electron chi connectivity index (χ2n) is 5.05. The zero-order valence-electron chi connectivity index (χ0n) is 12.0. The Labute approximate surface area is 129 Å². The zero-order valence-corrected chi connectivity index (χ0v) is 12.8. The van der Waals surface area contributed by atoms with Crippen molar-refractivity contribution in [3.05, 3.63) is 65.0 Å². The minimum Gasteiger partial charge on any atom is -0.379 e. The highest BCUT2D eigenvalue weighted by atomic mass is 32.2. The summed E-state index contributed by atoms with van der Waals surface area (Å²) in [4.78, 5) is 0. The van der Waals surface area contributed by atoms with Gasteiger partial charge in [0.25, 0.3) is 0 Å². The summed E-state index contributed by atoms with van der Waals surface area (Å²) in [5.41, 5.74) is 2.21. The summed E-state index contributed by atoms with van der Waals surface area (Å²) in [6.45, 7) is 0.405. The average Bonchev–Trinajstić information content (AvgIpc) is 2.46. The van der Waals surface area contributed by atoms with Gasteiger partial charge in [-0.2, -0.15) is 5.26 Å². The number of sulfone groups is 1. The Morgan fingerprint density at radius 2 is 1.77 bits per heavy atom. The van der Waals surface area contributed by atoms with E-state index in [0.717, 1.165) is 11.1 Å². The van der Waals surface area contributed by atoms with E-state index in [0.29, 0.717) is 12.2 Å². The number of benzene rings is 2. The molecule has 0 saturated carbocycles. The molecule has 0 aromatic heterocycles. The molecule has 0 atom stereocenters. The van der Waals surface area contributed by atoms with Crippen molar-refractivity contribution in [1.82, 2.24) is 0 Å². The van der Waals surface area contributed by atoms with Crippen molar-refractivity contribution in [2.24, 2.45) is 0 Å². The topological polar surface area (TPSA) is 70.0 Å². The van der Waals surface area contributed by atoms with Crippen molar-refractivity contribution in [3.63, 3.8) is 0 Å². The van der Waals surface area contributed by atoms with Gasteiger partial charge < -0.3 is 5.32 Å². The van der Waals surface area contributed by atoms with Gasteiger partial charge in [0.2, 0.25) is 0 Å². The summed E-state index contributed by atoms with van der Waals surface area (Å²) in [7, 11) is -3.05. The molecule has 0 fully saturated rings. The van der Waals surface area contributed by atoms with Crippen LogP contribution in [0.5, 0.6) is 0 Å². The third-order valence-electron chi connectivity index (χ3n) is 3.03. The molecular formula is C16H15FN2O2S. The predicted octanol–water partition coefficient (Wildman–Crippen LogP) is 2.85. The van der Waals surface area contributed by atoms with Gasteiger partial charge in [-0.3, -0.25) is 0 Å². The molecule has 4 nitrogen and oxygen atoms in total. The van der Waals surface area contributed by atoms with E-state index in [9.17, 15) is 12.8 Å². The summed E-state index contributed by atoms with van der Waals surface area (Å²) >= 11 is 0. The second-order valence-corrected chi connectivity index (χ2v) is 7.19. The van der Waals surface area contributed by atoms with Gasteiger partial charge in [-0.25, -0.2) is 12.8 Å². The van der Waals surface area contributed by atoms with Crippen molar-refractivity contribution in [1.29, 1.82) is 5.26 Å². The van der Waals surface area contributed by atoms with E-state index >= 15 is 0 Å². The minimum absolute atomic E-state index is 0.00492. The van der Waals surface area contributed by atoms with E-state index in [4.69, 9.17) is 5.26 Å². The highest BCUT2D eigenvalue weighted by molar-refractivity contribution is 7.89. The molecule has 0 spiro atoms. The molecule has 6 heteroatoms. The molecule has 0 amide bonds. The van der Waals surface area contributed by atoms with Crippen LogP contribution in [-0.4, -0.2) is 14.7 Å². The fraction of sp³-hybridized carbons (Fsp3) is 0.188. The molecule has 0 heterocycles. The van der Waals surface area contributed by atoms with Gasteiger partial charge in [-0.1, -0.05) is 24.3 Å². The number of nitrogens with one attached hydrogen (secondary N) is 1. The van der Waals surface area contributed by atoms with Crippen molar-refractivity contribution in [2.75, 3.05) is 11.6 Å². The smallest absolute Gasteiger partial charge is 0.151 e. The van der Waals surface area contributed by atoms with E-state index < -0.39 is 15.7 Å². The lowest BCUT2D eigenvalue weighted by Gasteiger charge is -2.08. The maximum Gasteiger partial charge on any atom is 0.151 e. The van der Waals surface area contributed by atoms with Crippen LogP contribution in [0, 0.1) is 17.1 Å². The van der Waals surface area contributed by atoms with E-state index in [1.165, 1.54) is 18.4 Å². The molecule has 0 bridgehead atoms. The number of anilines is 1. The maximum absolute atomic E-state index is 13.7. The minimum atomic E-state index is -3.05. The van der Waals surface area contributed by atoms with Crippen molar-refractivity contribution >= 4 is 15.5 Å². The van der Waals surface area contributed by atoms with Crippen LogP contribution in [0.1, 0.15) is 16.7 Å². The Morgan fingerprint density at radius 1 is 1.14 bits per heavy atom. The molecule has 0 unspecified atom stereocenters. The van der Waals surface area contributed by atoms with Crippen LogP contribution in [0.3, 0.4) is 0 Å². The Hall–Kier alpha value is -2.39. The van der Waals surface area contributed by atoms with Gasteiger partial charge in [0.15, 0.2) is 9.84 Å². The first-order chi connectivity index (χ1) is 10.4. The molecular weight excluding hydrogens is 303 g/mol. The zero-order chi connectivity index (χ0) is 16.2. The van der Waals surface area contributed by atoms with Gasteiger partial charge >= 0.3 is 0 Å². The van der Waals surface area contributed by atoms with Crippen LogP contribution in [-0.2, 0) is 22.1 Å². The largest absolute Gasteiger partial charge is 0.379 e. The average molecular weight is 318 g/mol. The van der Waals surface area contributed by atoms with E-state index in [1.807, 2.05) is 6.07 Å². The van der Waals surface area contributed by atoms with Gasteiger partial charge in [0.1, 0.15) is 5.82 Å². The fourth-order valence-electron chi connectivity index (χ4n) is 1.98. The lowest BCUT2D eigenvalue weighted by molar-refractivity contribution is 0.601. The summed E-state index contributed by atoms with van der Waals surface area (Å²) in [5, 5.41) is 11.6. The molecule has 2 rings (SSSR count). The standard InChI is InChI=1S/C16H15FN2O2S/c1-22(20,21)11-13-4-2-12(3-5-13)10-19-16-7-6-14(9-18)8-15(16)17/h2-8,19H,10-11H2,1H3. The quantitative estimate of drug-likeness (QED) is 0.920. The molecule has 0 saturated heterocycles. The fourth-order valence-corrected chi connectivity index (χ4v) is 2.78. The van der Waals surface area contributed by atoms with Crippen molar-refractivity contribution in [3.8, 4) is 6.07 Å². The van der Waals surface area contributed by atoms with Gasteiger partial charge in [-0.15, -0.1) is 0 Å². The predicted molar refractivity (Wildman–Crippen MR) is 83.4 cm³/mol. The molecule has 0 aliphatic carbocycles. The third-order valence-corrected chi connectivity index (χ3v) is 3.89. The lowest BCUT2D eigenvalue weighted by Crippen LogP contribution is -2.03. The Balaban J connectivity index is 2.02. The van der Waals surface area contributed by atoms with Crippen molar-refractivity contribution < 1.29 is 12.8 Å². The molecule has 2 aromatic rings. The van der Waals surface area contributed by atoms with Gasteiger partial charge in [0.05, 0.1) is 23.1 Å². The van der Waals surface area contributed by atoms with Crippen LogP contribution in [0.15, 0.2) is 42.5 Å². The van der Waals surface area contributed by atoms with E-state index in [1.54, 1.807) is 30.3 Å². The lowest BCUT2D eigenvalue weighted by atomic mass is 10.1. The molecule has 2 aromatic carbocycles. The summed E-state index contributed by atoms with van der Waals surface area (Å²) in [6.07, 6.45) is 1.19.